The van der Waals surface area contributed by atoms with Gasteiger partial charge in [0.05, 0.1) is 0 Å². The summed E-state index contributed by atoms with van der Waals surface area (Å²) in [5.74, 6) is 0. The summed E-state index contributed by atoms with van der Waals surface area (Å²) in [5.41, 5.74) is 13.3. The van der Waals surface area contributed by atoms with Crippen molar-refractivity contribution in [1.82, 2.24) is 0 Å². The lowest BCUT2D eigenvalue weighted by Crippen LogP contribution is -2.27. The van der Waals surface area contributed by atoms with Crippen LogP contribution in [0.4, 0.5) is 0 Å². The average Bonchev–Trinajstić information content (AvgIpc) is 3.12. The molecule has 0 saturated heterocycles. The van der Waals surface area contributed by atoms with E-state index in [1.807, 2.05) is 0 Å². The normalized spacial score (nSPS) is 12.2. The minimum Gasteiger partial charge on any atom is -0.0616 e. The molecular weight excluding hydrogens is 687 g/mol. The van der Waals surface area contributed by atoms with E-state index in [0.717, 1.165) is 0 Å². The van der Waals surface area contributed by atoms with Crippen molar-refractivity contribution in [2.75, 3.05) is 0 Å². The van der Waals surface area contributed by atoms with Crippen LogP contribution in [0, 0.1) is 55.4 Å². The Morgan fingerprint density at radius 3 is 1.06 bits per heavy atom. The monoisotopic (exact) mass is 734 g/mol. The summed E-state index contributed by atoms with van der Waals surface area (Å²) < 4.78 is 0. The topological polar surface area (TPSA) is 0 Å². The van der Waals surface area contributed by atoms with Crippen LogP contribution in [-0.4, -0.2) is 0 Å². The van der Waals surface area contributed by atoms with Gasteiger partial charge < -0.3 is 0 Å². The number of hydrogen-bond acceptors (Lipinski definition) is 0. The van der Waals surface area contributed by atoms with E-state index in [4.69, 9.17) is 0 Å². The minimum atomic E-state index is -0.937. The first kappa shape index (κ1) is 36.1. The first-order chi connectivity index (χ1) is 26.0. The van der Waals surface area contributed by atoms with Crippen LogP contribution in [0.15, 0.2) is 146 Å². The molecule has 0 nitrogen and oxygen atoms in total. The summed E-state index contributed by atoms with van der Waals surface area (Å²) >= 11 is 0. The zero-order valence-corrected chi connectivity index (χ0v) is 34.5. The highest BCUT2D eigenvalue weighted by Gasteiger charge is 2.29. The summed E-state index contributed by atoms with van der Waals surface area (Å²) in [5, 5.41) is 13.6. The summed E-state index contributed by atoms with van der Waals surface area (Å²) in [6.07, 6.45) is 0. The zero-order chi connectivity index (χ0) is 37.7. The molecule has 0 spiro atoms. The van der Waals surface area contributed by atoms with Gasteiger partial charge in [0.25, 0.3) is 0 Å². The fraction of sp³-hybridized carbons (Fsp3) is 0.154. The van der Waals surface area contributed by atoms with Crippen LogP contribution in [-0.2, 0) is 0 Å². The van der Waals surface area contributed by atoms with Gasteiger partial charge in [-0.2, -0.15) is 0 Å². The molecule has 0 amide bonds. The molecule has 0 bridgehead atoms. The molecule has 266 valence electrons. The fourth-order valence-electron chi connectivity index (χ4n) is 8.38. The second-order valence-corrected chi connectivity index (χ2v) is 19.7. The number of hydrogen-bond donors (Lipinski definition) is 0. The maximum Gasteiger partial charge on any atom is -0.000884 e. The van der Waals surface area contributed by atoms with E-state index in [2.05, 4.69) is 201 Å². The smallest absolute Gasteiger partial charge is 0.000884 e. The molecule has 8 aromatic carbocycles. The van der Waals surface area contributed by atoms with E-state index >= 15 is 0 Å². The zero-order valence-electron chi connectivity index (χ0n) is 32.8. The molecule has 0 N–H and O–H groups in total. The van der Waals surface area contributed by atoms with E-state index < -0.39 is 15.8 Å². The predicted octanol–water partition coefficient (Wildman–Crippen LogP) is 11.6. The van der Waals surface area contributed by atoms with Crippen molar-refractivity contribution in [3.63, 3.8) is 0 Å². The van der Waals surface area contributed by atoms with Gasteiger partial charge in [0.2, 0.25) is 0 Å². The molecule has 54 heavy (non-hydrogen) atoms. The molecule has 1 atom stereocenters. The second-order valence-electron chi connectivity index (χ2n) is 15.3. The molecule has 0 aliphatic heterocycles. The van der Waals surface area contributed by atoms with Crippen molar-refractivity contribution in [3.8, 4) is 11.1 Å². The van der Waals surface area contributed by atoms with Gasteiger partial charge in [0.15, 0.2) is 0 Å². The van der Waals surface area contributed by atoms with Gasteiger partial charge in [-0.25, -0.2) is 0 Å². The van der Waals surface area contributed by atoms with E-state index in [-0.39, 0.29) is 0 Å². The predicted molar refractivity (Wildman–Crippen MR) is 242 cm³/mol. The highest BCUT2D eigenvalue weighted by Crippen LogP contribution is 2.46. The molecule has 1 unspecified atom stereocenters. The second kappa shape index (κ2) is 14.8. The molecule has 0 aliphatic carbocycles. The van der Waals surface area contributed by atoms with Crippen molar-refractivity contribution in [3.05, 3.63) is 190 Å². The Labute approximate surface area is 324 Å². The lowest BCUT2D eigenvalue weighted by molar-refractivity contribution is 1.35. The van der Waals surface area contributed by atoms with Crippen LogP contribution >= 0.6 is 15.8 Å². The molecule has 8 aromatic rings. The highest BCUT2D eigenvalue weighted by molar-refractivity contribution is 7.81. The van der Waals surface area contributed by atoms with Crippen molar-refractivity contribution in [1.29, 1.82) is 0 Å². The van der Waals surface area contributed by atoms with E-state index in [0.29, 0.717) is 0 Å². The SMILES string of the molecule is Cc1cc(C)cc(P(c2cc(C)cc(C)c2)c2ccc3ccccc3c2-c2c(P(c3cc(C)cc(C)c3)c3ccc(C)c(C)c3)ccc3ccccc23)c1. The van der Waals surface area contributed by atoms with E-state index in [1.54, 1.807) is 0 Å². The van der Waals surface area contributed by atoms with E-state index in [9.17, 15) is 0 Å². The Bertz CT molecular complexity index is 2600. The van der Waals surface area contributed by atoms with Crippen LogP contribution < -0.4 is 31.8 Å². The number of benzene rings is 8. The van der Waals surface area contributed by atoms with Crippen molar-refractivity contribution in [2.24, 2.45) is 0 Å². The molecule has 0 aromatic heterocycles. The maximum atomic E-state index is 2.47. The molecular formula is C52H48P2. The molecule has 2 heteroatoms. The lowest BCUT2D eigenvalue weighted by Gasteiger charge is -2.29. The first-order valence-corrected chi connectivity index (χ1v) is 21.7. The molecule has 0 radical (unpaired) electrons. The summed E-state index contributed by atoms with van der Waals surface area (Å²) in [6.45, 7) is 18.0. The Balaban J connectivity index is 1.55. The Kier molecular flexibility index (Phi) is 9.87. The van der Waals surface area contributed by atoms with Crippen LogP contribution in [0.2, 0.25) is 0 Å². The molecule has 0 heterocycles. The molecule has 0 aliphatic rings. The fourth-order valence-corrected chi connectivity index (χ4v) is 14.0. The Hall–Kier alpha value is -4.86. The summed E-state index contributed by atoms with van der Waals surface area (Å²) in [6, 6.07) is 56.6. The third kappa shape index (κ3) is 6.95. The van der Waals surface area contributed by atoms with Crippen LogP contribution in [0.1, 0.15) is 44.5 Å². The number of fused-ring (bicyclic) bond motifs is 2. The third-order valence-corrected chi connectivity index (χ3v) is 15.5. The van der Waals surface area contributed by atoms with Crippen molar-refractivity contribution in [2.45, 2.75) is 55.4 Å². The number of rotatable bonds is 7. The number of aryl methyl sites for hydroxylation is 8. The van der Waals surface area contributed by atoms with Crippen molar-refractivity contribution < 1.29 is 0 Å². The van der Waals surface area contributed by atoms with Gasteiger partial charge >= 0.3 is 0 Å². The van der Waals surface area contributed by atoms with Gasteiger partial charge in [-0.1, -0.05) is 179 Å². The van der Waals surface area contributed by atoms with Crippen LogP contribution in [0.5, 0.6) is 0 Å². The van der Waals surface area contributed by atoms with Gasteiger partial charge in [0, 0.05) is 0 Å². The maximum absolute atomic E-state index is 2.47. The van der Waals surface area contributed by atoms with Gasteiger partial charge in [-0.3, -0.25) is 0 Å². The standard InChI is InChI=1S/C52H48P2/c1-33-23-34(2)27-44(26-33)53(43-20-17-39(7)40(8)32-43)49-21-18-41-13-9-11-15-47(41)51(49)52-48-16-12-10-14-42(48)19-22-50(52)54(45-28-35(3)24-36(4)29-45)46-30-37(5)25-38(6)31-46/h9-32H,1-8H3. The van der Waals surface area contributed by atoms with Gasteiger partial charge in [0.1, 0.15) is 0 Å². The summed E-state index contributed by atoms with van der Waals surface area (Å²) in [7, 11) is -1.87. The highest BCUT2D eigenvalue weighted by atomic mass is 31.1. The minimum absolute atomic E-state index is 0.934. The Morgan fingerprint density at radius 2 is 0.667 bits per heavy atom. The largest absolute Gasteiger partial charge is 0.0616 e. The molecule has 0 fully saturated rings. The van der Waals surface area contributed by atoms with Crippen LogP contribution in [0.3, 0.4) is 0 Å². The van der Waals surface area contributed by atoms with E-state index in [1.165, 1.54) is 109 Å². The quantitative estimate of drug-likeness (QED) is 0.143. The first-order valence-electron chi connectivity index (χ1n) is 19.0. The van der Waals surface area contributed by atoms with Crippen molar-refractivity contribution >= 4 is 69.2 Å². The average molecular weight is 735 g/mol. The lowest BCUT2D eigenvalue weighted by atomic mass is 9.93. The van der Waals surface area contributed by atoms with Crippen LogP contribution in [0.25, 0.3) is 32.7 Å². The molecule has 8 rings (SSSR count). The van der Waals surface area contributed by atoms with Gasteiger partial charge in [-0.15, -0.1) is 0 Å². The Morgan fingerprint density at radius 1 is 0.296 bits per heavy atom. The molecule has 0 saturated carbocycles. The van der Waals surface area contributed by atoms with Gasteiger partial charge in [-0.05, 0) is 147 Å². The summed E-state index contributed by atoms with van der Waals surface area (Å²) in [4.78, 5) is 0. The third-order valence-electron chi connectivity index (χ3n) is 10.7.